The largest absolute Gasteiger partial charge is 0.395 e. The molecule has 0 fully saturated rings. The highest BCUT2D eigenvalue weighted by atomic mass is 16.5. The van der Waals surface area contributed by atoms with Crippen LogP contribution in [0.15, 0.2) is 0 Å². The van der Waals surface area contributed by atoms with Gasteiger partial charge in [0.2, 0.25) is 0 Å². The first-order valence-electron chi connectivity index (χ1n) is 5.38. The van der Waals surface area contributed by atoms with Gasteiger partial charge in [0, 0.05) is 19.2 Å². The van der Waals surface area contributed by atoms with E-state index in [4.69, 9.17) is 14.6 Å². The number of hydrogen-bond donors (Lipinski definition) is 3. The minimum Gasteiger partial charge on any atom is -0.395 e. The summed E-state index contributed by atoms with van der Waals surface area (Å²) in [5.74, 6) is 0. The van der Waals surface area contributed by atoms with E-state index in [2.05, 4.69) is 5.32 Å². The van der Waals surface area contributed by atoms with E-state index in [-0.39, 0.29) is 19.3 Å². The molecule has 2 atom stereocenters. The average Bonchev–Trinajstić information content (AvgIpc) is 2.25. The highest BCUT2D eigenvalue weighted by Crippen LogP contribution is 1.87. The van der Waals surface area contributed by atoms with Crippen molar-refractivity contribution in [3.63, 3.8) is 0 Å². The molecule has 0 saturated heterocycles. The van der Waals surface area contributed by atoms with Crippen molar-refractivity contribution in [2.75, 3.05) is 39.6 Å². The van der Waals surface area contributed by atoms with Gasteiger partial charge in [0.05, 0.1) is 32.5 Å². The molecule has 0 rings (SSSR count). The van der Waals surface area contributed by atoms with Crippen molar-refractivity contribution < 1.29 is 19.7 Å². The predicted octanol–water partition coefficient (Wildman–Crippen LogP) is -0.629. The Hall–Kier alpha value is -0.200. The summed E-state index contributed by atoms with van der Waals surface area (Å²) >= 11 is 0. The molecule has 2 unspecified atom stereocenters. The fraction of sp³-hybridized carbons (Fsp3) is 1.00. The molecule has 0 amide bonds. The molecule has 0 saturated carbocycles. The van der Waals surface area contributed by atoms with Crippen molar-refractivity contribution in [1.82, 2.24) is 5.32 Å². The third kappa shape index (κ3) is 10.1. The van der Waals surface area contributed by atoms with E-state index < -0.39 is 6.10 Å². The Kier molecular flexibility index (Phi) is 10.2. The molecule has 0 aliphatic heterocycles. The molecule has 3 N–H and O–H groups in total. The zero-order valence-electron chi connectivity index (χ0n) is 9.61. The van der Waals surface area contributed by atoms with Crippen LogP contribution >= 0.6 is 0 Å². The Morgan fingerprint density at radius 1 is 1.27 bits per heavy atom. The van der Waals surface area contributed by atoms with Crippen molar-refractivity contribution in [2.24, 2.45) is 0 Å². The van der Waals surface area contributed by atoms with Gasteiger partial charge in [-0.3, -0.25) is 0 Å². The van der Waals surface area contributed by atoms with E-state index >= 15 is 0 Å². The maximum atomic E-state index is 9.44. The highest BCUT2D eigenvalue weighted by Gasteiger charge is 2.06. The monoisotopic (exact) mass is 221 g/mol. The maximum Gasteiger partial charge on any atom is 0.0897 e. The van der Waals surface area contributed by atoms with Crippen LogP contribution < -0.4 is 5.32 Å². The first-order valence-corrected chi connectivity index (χ1v) is 5.38. The summed E-state index contributed by atoms with van der Waals surface area (Å²) in [6.07, 6.45) is -0.541. The van der Waals surface area contributed by atoms with Crippen LogP contribution in [0.2, 0.25) is 0 Å². The Morgan fingerprint density at radius 3 is 2.53 bits per heavy atom. The molecule has 15 heavy (non-hydrogen) atoms. The SMILES string of the molecule is CCOCCOCC(O)CNC(C)CO. The molecule has 5 heteroatoms. The summed E-state index contributed by atoms with van der Waals surface area (Å²) in [5, 5.41) is 21.1. The smallest absolute Gasteiger partial charge is 0.0897 e. The van der Waals surface area contributed by atoms with E-state index in [1.165, 1.54) is 0 Å². The first-order chi connectivity index (χ1) is 7.20. The lowest BCUT2D eigenvalue weighted by Crippen LogP contribution is -2.37. The van der Waals surface area contributed by atoms with E-state index in [0.717, 1.165) is 0 Å². The number of aliphatic hydroxyl groups is 2. The van der Waals surface area contributed by atoms with Gasteiger partial charge in [-0.15, -0.1) is 0 Å². The lowest BCUT2D eigenvalue weighted by atomic mass is 10.3. The lowest BCUT2D eigenvalue weighted by molar-refractivity contribution is 0.00539. The summed E-state index contributed by atoms with van der Waals surface area (Å²) < 4.78 is 10.3. The predicted molar refractivity (Wildman–Crippen MR) is 57.9 cm³/mol. The van der Waals surface area contributed by atoms with Crippen molar-refractivity contribution in [3.8, 4) is 0 Å². The number of rotatable bonds is 10. The summed E-state index contributed by atoms with van der Waals surface area (Å²) in [7, 11) is 0. The van der Waals surface area contributed by atoms with E-state index in [1.807, 2.05) is 13.8 Å². The molecule has 0 aliphatic rings. The minimum absolute atomic E-state index is 0.00285. The van der Waals surface area contributed by atoms with Gasteiger partial charge in [-0.05, 0) is 13.8 Å². The van der Waals surface area contributed by atoms with Gasteiger partial charge in [0.15, 0.2) is 0 Å². The van der Waals surface area contributed by atoms with E-state index in [1.54, 1.807) is 0 Å². The van der Waals surface area contributed by atoms with Crippen molar-refractivity contribution in [3.05, 3.63) is 0 Å². The second-order valence-corrected chi connectivity index (χ2v) is 3.42. The Bertz CT molecular complexity index is 135. The van der Waals surface area contributed by atoms with Crippen LogP contribution in [0.5, 0.6) is 0 Å². The van der Waals surface area contributed by atoms with Crippen LogP contribution in [0.25, 0.3) is 0 Å². The van der Waals surface area contributed by atoms with Crippen LogP contribution in [0.1, 0.15) is 13.8 Å². The van der Waals surface area contributed by atoms with Crippen molar-refractivity contribution in [1.29, 1.82) is 0 Å². The molecule has 0 aliphatic carbocycles. The van der Waals surface area contributed by atoms with Crippen LogP contribution in [-0.4, -0.2) is 61.9 Å². The second-order valence-electron chi connectivity index (χ2n) is 3.42. The minimum atomic E-state index is -0.541. The Morgan fingerprint density at radius 2 is 1.93 bits per heavy atom. The molecular formula is C10H23NO4. The molecule has 92 valence electrons. The number of nitrogens with one attached hydrogen (secondary N) is 1. The summed E-state index contributed by atoms with van der Waals surface area (Å²) in [4.78, 5) is 0. The highest BCUT2D eigenvalue weighted by molar-refractivity contribution is 4.63. The fourth-order valence-electron chi connectivity index (χ4n) is 0.942. The molecule has 0 spiro atoms. The molecule has 0 radical (unpaired) electrons. The van der Waals surface area contributed by atoms with Gasteiger partial charge in [0.1, 0.15) is 0 Å². The quantitative estimate of drug-likeness (QED) is 0.429. The van der Waals surface area contributed by atoms with Crippen molar-refractivity contribution >= 4 is 0 Å². The van der Waals surface area contributed by atoms with Gasteiger partial charge in [-0.25, -0.2) is 0 Å². The van der Waals surface area contributed by atoms with E-state index in [9.17, 15) is 5.11 Å². The third-order valence-corrected chi connectivity index (χ3v) is 1.86. The topological polar surface area (TPSA) is 71.0 Å². The van der Waals surface area contributed by atoms with Gasteiger partial charge < -0.3 is 25.0 Å². The molecule has 0 aromatic heterocycles. The first kappa shape index (κ1) is 14.8. The van der Waals surface area contributed by atoms with Gasteiger partial charge in [-0.2, -0.15) is 0 Å². The second kappa shape index (κ2) is 10.3. The Balaban J connectivity index is 3.21. The molecule has 0 heterocycles. The molecule has 0 aromatic rings. The standard InChI is InChI=1S/C10H23NO4/c1-3-14-4-5-15-8-10(13)6-11-9(2)7-12/h9-13H,3-8H2,1-2H3. The van der Waals surface area contributed by atoms with Crippen LogP contribution in [0.4, 0.5) is 0 Å². The summed E-state index contributed by atoms with van der Waals surface area (Å²) in [5.41, 5.74) is 0. The lowest BCUT2D eigenvalue weighted by Gasteiger charge is -2.15. The van der Waals surface area contributed by atoms with Crippen LogP contribution in [0, 0.1) is 0 Å². The number of hydrogen-bond acceptors (Lipinski definition) is 5. The fourth-order valence-corrected chi connectivity index (χ4v) is 0.942. The molecular weight excluding hydrogens is 198 g/mol. The zero-order chi connectivity index (χ0) is 11.5. The summed E-state index contributed by atoms with van der Waals surface area (Å²) in [6, 6.07) is 0.00285. The summed E-state index contributed by atoms with van der Waals surface area (Å²) in [6.45, 7) is 6.30. The Labute approximate surface area is 91.4 Å². The maximum absolute atomic E-state index is 9.44. The van der Waals surface area contributed by atoms with Gasteiger partial charge in [-0.1, -0.05) is 0 Å². The van der Waals surface area contributed by atoms with Crippen molar-refractivity contribution in [2.45, 2.75) is 26.0 Å². The van der Waals surface area contributed by atoms with Gasteiger partial charge >= 0.3 is 0 Å². The van der Waals surface area contributed by atoms with Crippen LogP contribution in [-0.2, 0) is 9.47 Å². The van der Waals surface area contributed by atoms with E-state index in [0.29, 0.717) is 26.4 Å². The van der Waals surface area contributed by atoms with Gasteiger partial charge in [0.25, 0.3) is 0 Å². The molecule has 5 nitrogen and oxygen atoms in total. The van der Waals surface area contributed by atoms with Crippen LogP contribution in [0.3, 0.4) is 0 Å². The average molecular weight is 221 g/mol. The third-order valence-electron chi connectivity index (χ3n) is 1.86. The molecule has 0 bridgehead atoms. The number of ether oxygens (including phenoxy) is 2. The number of aliphatic hydroxyl groups excluding tert-OH is 2. The zero-order valence-corrected chi connectivity index (χ0v) is 9.61. The molecule has 0 aromatic carbocycles. The normalized spacial score (nSPS) is 15.2.